The summed E-state index contributed by atoms with van der Waals surface area (Å²) in [5.41, 5.74) is -0.231. The molecule has 0 radical (unpaired) electrons. The molecule has 1 aromatic heterocycles. The summed E-state index contributed by atoms with van der Waals surface area (Å²) in [6.07, 6.45) is -3.43. The molecule has 0 saturated heterocycles. The van der Waals surface area contributed by atoms with Gasteiger partial charge in [0, 0.05) is 22.9 Å². The predicted octanol–water partition coefficient (Wildman–Crippen LogP) is 3.58. The van der Waals surface area contributed by atoms with Gasteiger partial charge in [-0.05, 0) is 35.9 Å². The summed E-state index contributed by atoms with van der Waals surface area (Å²) in [6.45, 7) is -1.12. The van der Waals surface area contributed by atoms with Crippen molar-refractivity contribution in [1.82, 2.24) is 19.7 Å². The second kappa shape index (κ2) is 10.7. The van der Waals surface area contributed by atoms with E-state index in [2.05, 4.69) is 10.4 Å². The molecule has 1 heterocycles. The average Bonchev–Trinajstić information content (AvgIpc) is 3.08. The molecule has 0 aliphatic heterocycles. The third-order valence-electron chi connectivity index (χ3n) is 4.57. The van der Waals surface area contributed by atoms with Crippen LogP contribution in [0, 0.1) is 0 Å². The van der Waals surface area contributed by atoms with Gasteiger partial charge in [-0.15, -0.1) is 5.10 Å². The lowest BCUT2D eigenvalue weighted by Crippen LogP contribution is -2.36. The van der Waals surface area contributed by atoms with Crippen LogP contribution >= 0.6 is 34.8 Å². The Balaban J connectivity index is 1.92. The topological polar surface area (TPSA) is 109 Å². The van der Waals surface area contributed by atoms with E-state index in [1.165, 1.54) is 30.3 Å². The number of aliphatic hydroxyl groups is 2. The molecule has 0 spiro atoms. The number of rotatable bonds is 8. The van der Waals surface area contributed by atoms with Gasteiger partial charge in [0.05, 0.1) is 22.7 Å². The molecule has 180 valence electrons. The standard InChI is InChI=1S/C21H17Cl3F2N4O4/c22-13-6-4-12(5-7-13)19-28-30(20(33)29(19)9-8-21(25,26)34)10-17(32)27-16(11-31)14-2-1-3-15(23)18(14)24/h1-9,16,31,34H,10-11H2,(H,27,32)/b9-8+. The first-order valence-corrected chi connectivity index (χ1v) is 10.7. The largest absolute Gasteiger partial charge is 0.394 e. The Kier molecular flexibility index (Phi) is 8.11. The molecule has 1 amide bonds. The van der Waals surface area contributed by atoms with Gasteiger partial charge in [-0.25, -0.2) is 14.0 Å². The maximum atomic E-state index is 12.9. The molecule has 3 rings (SSSR count). The highest BCUT2D eigenvalue weighted by atomic mass is 35.5. The van der Waals surface area contributed by atoms with E-state index < -0.39 is 36.9 Å². The van der Waals surface area contributed by atoms with Crippen molar-refractivity contribution >= 4 is 46.9 Å². The summed E-state index contributed by atoms with van der Waals surface area (Å²) in [7, 11) is 0. The number of benzene rings is 2. The van der Waals surface area contributed by atoms with Crippen molar-refractivity contribution in [3.05, 3.63) is 79.7 Å². The molecule has 1 unspecified atom stereocenters. The fourth-order valence-electron chi connectivity index (χ4n) is 3.00. The molecule has 2 aromatic carbocycles. The lowest BCUT2D eigenvalue weighted by molar-refractivity contribution is -0.154. The third kappa shape index (κ3) is 6.22. The Morgan fingerprint density at radius 3 is 2.47 bits per heavy atom. The molecular formula is C21H17Cl3F2N4O4. The van der Waals surface area contributed by atoms with Crippen molar-refractivity contribution in [3.8, 4) is 11.4 Å². The van der Waals surface area contributed by atoms with Crippen molar-refractivity contribution in [3.63, 3.8) is 0 Å². The monoisotopic (exact) mass is 532 g/mol. The van der Waals surface area contributed by atoms with Crippen LogP contribution in [0.15, 0.2) is 53.3 Å². The van der Waals surface area contributed by atoms with Gasteiger partial charge in [0.15, 0.2) is 5.82 Å². The number of halogens is 5. The zero-order valence-electron chi connectivity index (χ0n) is 17.1. The minimum Gasteiger partial charge on any atom is -0.394 e. The quantitative estimate of drug-likeness (QED) is 0.410. The minimum atomic E-state index is -4.18. The molecule has 0 bridgehead atoms. The highest BCUT2D eigenvalue weighted by Gasteiger charge is 2.23. The van der Waals surface area contributed by atoms with E-state index in [9.17, 15) is 23.5 Å². The molecule has 3 aromatic rings. The molecule has 0 fully saturated rings. The Morgan fingerprint density at radius 1 is 1.18 bits per heavy atom. The van der Waals surface area contributed by atoms with Crippen LogP contribution in [0.3, 0.4) is 0 Å². The molecule has 0 saturated carbocycles. The first-order chi connectivity index (χ1) is 16.0. The van der Waals surface area contributed by atoms with Gasteiger partial charge in [-0.3, -0.25) is 4.79 Å². The summed E-state index contributed by atoms with van der Waals surface area (Å²) >= 11 is 18.0. The second-order valence-corrected chi connectivity index (χ2v) is 8.21. The van der Waals surface area contributed by atoms with Crippen LogP contribution in [0.1, 0.15) is 11.6 Å². The van der Waals surface area contributed by atoms with E-state index >= 15 is 0 Å². The second-order valence-electron chi connectivity index (χ2n) is 6.99. The van der Waals surface area contributed by atoms with Gasteiger partial charge >= 0.3 is 11.8 Å². The van der Waals surface area contributed by atoms with Crippen LogP contribution in [0.2, 0.25) is 15.1 Å². The van der Waals surface area contributed by atoms with Crippen molar-refractivity contribution in [2.45, 2.75) is 18.7 Å². The average molecular weight is 534 g/mol. The van der Waals surface area contributed by atoms with Crippen molar-refractivity contribution in [2.24, 2.45) is 0 Å². The fourth-order valence-corrected chi connectivity index (χ4v) is 3.57. The van der Waals surface area contributed by atoms with E-state index in [1.54, 1.807) is 12.1 Å². The van der Waals surface area contributed by atoms with Gasteiger partial charge in [0.25, 0.3) is 0 Å². The van der Waals surface area contributed by atoms with E-state index in [0.29, 0.717) is 22.3 Å². The molecule has 0 aliphatic carbocycles. The van der Waals surface area contributed by atoms with Crippen LogP contribution in [0.4, 0.5) is 8.78 Å². The zero-order chi connectivity index (χ0) is 25.0. The van der Waals surface area contributed by atoms with E-state index in [4.69, 9.17) is 39.9 Å². The van der Waals surface area contributed by atoms with Crippen LogP contribution in [-0.2, 0) is 11.3 Å². The SMILES string of the molecule is O=C(Cn1nc(-c2ccc(Cl)cc2)n(/C=C/C(O)(F)F)c1=O)NC(CO)c1cccc(Cl)c1Cl. The Bertz CT molecular complexity index is 1270. The number of carbonyl (C=O) groups is 1. The number of aliphatic hydroxyl groups excluding tert-OH is 1. The maximum Gasteiger partial charge on any atom is 0.375 e. The predicted molar refractivity (Wildman–Crippen MR) is 124 cm³/mol. The first-order valence-electron chi connectivity index (χ1n) is 9.59. The Morgan fingerprint density at radius 2 is 1.85 bits per heavy atom. The number of carbonyl (C=O) groups excluding carboxylic acids is 1. The van der Waals surface area contributed by atoms with Crippen LogP contribution in [0.5, 0.6) is 0 Å². The van der Waals surface area contributed by atoms with Gasteiger partial charge in [-0.1, -0.05) is 46.9 Å². The van der Waals surface area contributed by atoms with Gasteiger partial charge < -0.3 is 15.5 Å². The van der Waals surface area contributed by atoms with Gasteiger partial charge in [-0.2, -0.15) is 8.78 Å². The van der Waals surface area contributed by atoms with Crippen molar-refractivity contribution in [2.75, 3.05) is 6.61 Å². The Labute approximate surface area is 206 Å². The highest BCUT2D eigenvalue weighted by Crippen LogP contribution is 2.29. The van der Waals surface area contributed by atoms with Crippen molar-refractivity contribution in [1.29, 1.82) is 0 Å². The lowest BCUT2D eigenvalue weighted by atomic mass is 10.1. The number of hydrogen-bond acceptors (Lipinski definition) is 5. The van der Waals surface area contributed by atoms with Crippen LogP contribution in [0.25, 0.3) is 17.6 Å². The number of alkyl halides is 2. The zero-order valence-corrected chi connectivity index (χ0v) is 19.4. The number of amides is 1. The van der Waals surface area contributed by atoms with Crippen molar-refractivity contribution < 1.29 is 23.8 Å². The molecule has 13 heteroatoms. The molecule has 0 aliphatic rings. The summed E-state index contributed by atoms with van der Waals surface area (Å²) < 4.78 is 27.4. The maximum absolute atomic E-state index is 12.9. The van der Waals surface area contributed by atoms with Crippen LogP contribution in [-0.4, -0.2) is 43.2 Å². The number of nitrogens with zero attached hydrogens (tertiary/aromatic N) is 3. The first kappa shape index (κ1) is 25.9. The minimum absolute atomic E-state index is 0.0773. The van der Waals surface area contributed by atoms with E-state index in [0.717, 1.165) is 9.25 Å². The smallest absolute Gasteiger partial charge is 0.375 e. The highest BCUT2D eigenvalue weighted by molar-refractivity contribution is 6.42. The lowest BCUT2D eigenvalue weighted by Gasteiger charge is -2.18. The molecule has 3 N–H and O–H groups in total. The normalized spacial score (nSPS) is 12.8. The summed E-state index contributed by atoms with van der Waals surface area (Å²) in [6, 6.07) is 9.77. The summed E-state index contributed by atoms with van der Waals surface area (Å²) in [5, 5.41) is 25.8. The van der Waals surface area contributed by atoms with Gasteiger partial charge in [0.1, 0.15) is 6.54 Å². The molecule has 34 heavy (non-hydrogen) atoms. The molecular weight excluding hydrogens is 517 g/mol. The summed E-state index contributed by atoms with van der Waals surface area (Å²) in [5.74, 6) is -0.799. The van der Waals surface area contributed by atoms with Gasteiger partial charge in [0.2, 0.25) is 5.91 Å². The fraction of sp³-hybridized carbons (Fsp3) is 0.190. The van der Waals surface area contributed by atoms with E-state index in [-0.39, 0.29) is 21.9 Å². The Hall–Kier alpha value is -2.76. The third-order valence-corrected chi connectivity index (χ3v) is 5.65. The molecule has 1 atom stereocenters. The number of nitrogens with one attached hydrogen (secondary N) is 1. The van der Waals surface area contributed by atoms with E-state index in [1.807, 2.05) is 0 Å². The van der Waals surface area contributed by atoms with Crippen LogP contribution < -0.4 is 11.0 Å². The molecule has 8 nitrogen and oxygen atoms in total. The number of hydrogen-bond donors (Lipinski definition) is 3. The number of aromatic nitrogens is 3. The summed E-state index contributed by atoms with van der Waals surface area (Å²) in [4.78, 5) is 25.4.